The van der Waals surface area contributed by atoms with Gasteiger partial charge in [0.25, 0.3) is 0 Å². The molecule has 1 aliphatic heterocycles. The summed E-state index contributed by atoms with van der Waals surface area (Å²) in [6.07, 6.45) is 2.41. The minimum absolute atomic E-state index is 0.701. The van der Waals surface area contributed by atoms with Crippen LogP contribution in [0.1, 0.15) is 18.4 Å². The fourth-order valence-electron chi connectivity index (χ4n) is 2.84. The van der Waals surface area contributed by atoms with E-state index in [1.54, 1.807) is 7.11 Å². The lowest BCUT2D eigenvalue weighted by Gasteiger charge is -2.37. The first-order valence-corrected chi connectivity index (χ1v) is 6.88. The third-order valence-corrected chi connectivity index (χ3v) is 4.08. The van der Waals surface area contributed by atoms with Gasteiger partial charge in [-0.3, -0.25) is 0 Å². The second kappa shape index (κ2) is 5.70. The zero-order valence-electron chi connectivity index (χ0n) is 12.4. The highest BCUT2D eigenvalue weighted by Crippen LogP contribution is 2.32. The second-order valence-corrected chi connectivity index (χ2v) is 5.56. The molecule has 0 aliphatic carbocycles. The number of methoxy groups -OCH3 is 1. The summed E-state index contributed by atoms with van der Waals surface area (Å²) < 4.78 is 5.33. The fraction of sp³-hybridized carbons (Fsp3) is 0.600. The van der Waals surface area contributed by atoms with Gasteiger partial charge in [0.1, 0.15) is 5.75 Å². The quantitative estimate of drug-likeness (QED) is 0.848. The Morgan fingerprint density at radius 2 is 1.89 bits per heavy atom. The number of aryl methyl sites for hydroxylation is 1. The van der Waals surface area contributed by atoms with E-state index in [2.05, 4.69) is 36.9 Å². The van der Waals surface area contributed by atoms with Crippen molar-refractivity contribution in [1.82, 2.24) is 4.90 Å². The number of hydrogen-bond acceptors (Lipinski definition) is 4. The van der Waals surface area contributed by atoms with Gasteiger partial charge in [-0.1, -0.05) is 0 Å². The topological polar surface area (TPSA) is 41.7 Å². The molecule has 0 saturated carbocycles. The Hall–Kier alpha value is -1.42. The van der Waals surface area contributed by atoms with E-state index in [0.717, 1.165) is 18.8 Å². The summed E-state index contributed by atoms with van der Waals surface area (Å²) >= 11 is 0. The Bertz CT molecular complexity index is 437. The van der Waals surface area contributed by atoms with Crippen LogP contribution in [0.4, 0.5) is 11.4 Å². The highest BCUT2D eigenvalue weighted by atomic mass is 16.5. The van der Waals surface area contributed by atoms with E-state index in [0.29, 0.717) is 11.7 Å². The molecule has 1 heterocycles. The molecule has 0 atom stereocenters. The molecule has 0 amide bonds. The molecule has 1 aromatic rings. The first-order valence-electron chi connectivity index (χ1n) is 6.88. The molecule has 4 heteroatoms. The lowest BCUT2D eigenvalue weighted by Crippen LogP contribution is -2.42. The zero-order chi connectivity index (χ0) is 14.0. The van der Waals surface area contributed by atoms with Crippen molar-refractivity contribution in [1.29, 1.82) is 0 Å². The first kappa shape index (κ1) is 14.0. The third kappa shape index (κ3) is 2.95. The SMILES string of the molecule is COc1cc(N2CCC(N(C)C)CC2)c(C)cc1N. The molecule has 106 valence electrons. The van der Waals surface area contributed by atoms with Crippen LogP contribution in [0.3, 0.4) is 0 Å². The van der Waals surface area contributed by atoms with Crippen LogP contribution in [0.2, 0.25) is 0 Å². The number of rotatable bonds is 3. The number of hydrogen-bond donors (Lipinski definition) is 1. The Balaban J connectivity index is 2.15. The average molecular weight is 263 g/mol. The summed E-state index contributed by atoms with van der Waals surface area (Å²) in [4.78, 5) is 4.77. The molecule has 0 aromatic heterocycles. The van der Waals surface area contributed by atoms with Gasteiger partial charge < -0.3 is 20.3 Å². The van der Waals surface area contributed by atoms with Crippen LogP contribution in [0.25, 0.3) is 0 Å². The van der Waals surface area contributed by atoms with Gasteiger partial charge in [-0.2, -0.15) is 0 Å². The fourth-order valence-corrected chi connectivity index (χ4v) is 2.84. The number of piperidine rings is 1. The van der Waals surface area contributed by atoms with Gasteiger partial charge in [0.2, 0.25) is 0 Å². The van der Waals surface area contributed by atoms with Gasteiger partial charge in [0.15, 0.2) is 0 Å². The van der Waals surface area contributed by atoms with Crippen LogP contribution in [-0.4, -0.2) is 45.2 Å². The molecule has 2 rings (SSSR count). The Kier molecular flexibility index (Phi) is 4.20. The number of nitrogens with zero attached hydrogens (tertiary/aromatic N) is 2. The molecule has 0 spiro atoms. The third-order valence-electron chi connectivity index (χ3n) is 4.08. The Labute approximate surface area is 116 Å². The lowest BCUT2D eigenvalue weighted by molar-refractivity contribution is 0.249. The standard InChI is InChI=1S/C15H25N3O/c1-11-9-13(16)15(19-4)10-14(11)18-7-5-12(6-8-18)17(2)3/h9-10,12H,5-8,16H2,1-4H3. The molecular weight excluding hydrogens is 238 g/mol. The highest BCUT2D eigenvalue weighted by molar-refractivity contribution is 5.66. The molecule has 1 fully saturated rings. The summed E-state index contributed by atoms with van der Waals surface area (Å²) in [6.45, 7) is 4.30. The van der Waals surface area contributed by atoms with Crippen LogP contribution in [0.5, 0.6) is 5.75 Å². The maximum atomic E-state index is 5.94. The predicted octanol–water partition coefficient (Wildman–Crippen LogP) is 2.12. The van der Waals surface area contributed by atoms with Gasteiger partial charge in [-0.25, -0.2) is 0 Å². The van der Waals surface area contributed by atoms with Gasteiger partial charge in [0.05, 0.1) is 12.8 Å². The molecule has 1 aliphatic rings. The monoisotopic (exact) mass is 263 g/mol. The molecular formula is C15H25N3O. The molecule has 1 aromatic carbocycles. The molecule has 0 radical (unpaired) electrons. The van der Waals surface area contributed by atoms with E-state index in [1.807, 2.05) is 6.07 Å². The van der Waals surface area contributed by atoms with Crippen LogP contribution >= 0.6 is 0 Å². The first-order chi connectivity index (χ1) is 9.02. The van der Waals surface area contributed by atoms with E-state index >= 15 is 0 Å². The van der Waals surface area contributed by atoms with E-state index in [1.165, 1.54) is 24.1 Å². The van der Waals surface area contributed by atoms with Crippen molar-refractivity contribution < 1.29 is 4.74 Å². The van der Waals surface area contributed by atoms with Crippen molar-refractivity contribution in [2.45, 2.75) is 25.8 Å². The van der Waals surface area contributed by atoms with Crippen molar-refractivity contribution in [2.24, 2.45) is 0 Å². The number of nitrogen functional groups attached to an aromatic ring is 1. The van der Waals surface area contributed by atoms with E-state index in [9.17, 15) is 0 Å². The smallest absolute Gasteiger partial charge is 0.143 e. The van der Waals surface area contributed by atoms with E-state index in [4.69, 9.17) is 10.5 Å². The van der Waals surface area contributed by atoms with E-state index in [-0.39, 0.29) is 0 Å². The number of anilines is 2. The summed E-state index contributed by atoms with van der Waals surface area (Å²) in [7, 11) is 6.00. The summed E-state index contributed by atoms with van der Waals surface area (Å²) in [5.41, 5.74) is 9.13. The van der Waals surface area contributed by atoms with Crippen LogP contribution in [0, 0.1) is 6.92 Å². The largest absolute Gasteiger partial charge is 0.495 e. The number of nitrogens with two attached hydrogens (primary N) is 1. The Morgan fingerprint density at radius 1 is 1.26 bits per heavy atom. The van der Waals surface area contributed by atoms with Crippen molar-refractivity contribution in [3.8, 4) is 5.75 Å². The zero-order valence-corrected chi connectivity index (χ0v) is 12.4. The van der Waals surface area contributed by atoms with Gasteiger partial charge in [0, 0.05) is 30.9 Å². The maximum absolute atomic E-state index is 5.94. The lowest BCUT2D eigenvalue weighted by atomic mass is 10.0. The minimum Gasteiger partial charge on any atom is -0.495 e. The average Bonchev–Trinajstić information content (AvgIpc) is 2.39. The Morgan fingerprint density at radius 3 is 2.42 bits per heavy atom. The predicted molar refractivity (Wildman–Crippen MR) is 81.1 cm³/mol. The molecule has 19 heavy (non-hydrogen) atoms. The van der Waals surface area contributed by atoms with Crippen LogP contribution < -0.4 is 15.4 Å². The molecule has 1 saturated heterocycles. The van der Waals surface area contributed by atoms with Gasteiger partial charge in [-0.15, -0.1) is 0 Å². The van der Waals surface area contributed by atoms with Crippen molar-refractivity contribution >= 4 is 11.4 Å². The van der Waals surface area contributed by atoms with Crippen LogP contribution in [-0.2, 0) is 0 Å². The second-order valence-electron chi connectivity index (χ2n) is 5.56. The maximum Gasteiger partial charge on any atom is 0.143 e. The minimum atomic E-state index is 0.701. The van der Waals surface area contributed by atoms with Crippen LogP contribution in [0.15, 0.2) is 12.1 Å². The number of benzene rings is 1. The highest BCUT2D eigenvalue weighted by Gasteiger charge is 2.22. The van der Waals surface area contributed by atoms with Crippen molar-refractivity contribution in [3.05, 3.63) is 17.7 Å². The summed E-state index contributed by atoms with van der Waals surface area (Å²) in [5.74, 6) is 0.773. The van der Waals surface area contributed by atoms with Crippen molar-refractivity contribution in [3.63, 3.8) is 0 Å². The van der Waals surface area contributed by atoms with Gasteiger partial charge >= 0.3 is 0 Å². The molecule has 0 unspecified atom stereocenters. The molecule has 0 bridgehead atoms. The molecule has 2 N–H and O–H groups in total. The van der Waals surface area contributed by atoms with Gasteiger partial charge in [-0.05, 0) is 45.5 Å². The van der Waals surface area contributed by atoms with E-state index < -0.39 is 0 Å². The summed E-state index contributed by atoms with van der Waals surface area (Å²) in [6, 6.07) is 4.78. The van der Waals surface area contributed by atoms with Crippen molar-refractivity contribution in [2.75, 3.05) is 44.9 Å². The number of ether oxygens (including phenoxy) is 1. The normalized spacial score (nSPS) is 17.0. The molecule has 4 nitrogen and oxygen atoms in total. The summed E-state index contributed by atoms with van der Waals surface area (Å²) in [5, 5.41) is 0.